The third-order valence-corrected chi connectivity index (χ3v) is 3.60. The van der Waals surface area contributed by atoms with Crippen molar-refractivity contribution in [2.24, 2.45) is 0 Å². The standard InChI is InChI=1S/C11H21NO3S/c1-11(2,3)15-10(13)4-5-12-6-8-16(14)9-7-12/h4-9H2,1-3H3. The average Bonchev–Trinajstić information content (AvgIpc) is 2.14. The Balaban J connectivity index is 2.19. The number of ether oxygens (including phenoxy) is 1. The molecule has 0 aliphatic carbocycles. The van der Waals surface area contributed by atoms with Crippen LogP contribution in [0.3, 0.4) is 0 Å². The van der Waals surface area contributed by atoms with Crippen molar-refractivity contribution in [1.82, 2.24) is 4.90 Å². The predicted octanol–water partition coefficient (Wildman–Crippen LogP) is 0.782. The molecule has 0 N–H and O–H groups in total. The Bertz CT molecular complexity index is 263. The third-order valence-electron chi connectivity index (χ3n) is 2.32. The van der Waals surface area contributed by atoms with Crippen molar-refractivity contribution < 1.29 is 13.7 Å². The average molecular weight is 247 g/mol. The first-order valence-corrected chi connectivity index (χ1v) is 7.15. The van der Waals surface area contributed by atoms with E-state index in [1.807, 2.05) is 20.8 Å². The third kappa shape index (κ3) is 5.61. The molecule has 94 valence electrons. The molecule has 0 radical (unpaired) electrons. The molecule has 0 saturated carbocycles. The van der Waals surface area contributed by atoms with Crippen LogP contribution < -0.4 is 0 Å². The van der Waals surface area contributed by atoms with Gasteiger partial charge in [0.2, 0.25) is 0 Å². The molecule has 1 aliphatic rings. The first kappa shape index (κ1) is 13.6. The summed E-state index contributed by atoms with van der Waals surface area (Å²) >= 11 is 0. The zero-order chi connectivity index (χ0) is 12.2. The molecule has 5 heteroatoms. The van der Waals surface area contributed by atoms with Crippen molar-refractivity contribution in [3.8, 4) is 0 Å². The van der Waals surface area contributed by atoms with Gasteiger partial charge in [-0.15, -0.1) is 0 Å². The molecule has 1 rings (SSSR count). The number of rotatable bonds is 3. The van der Waals surface area contributed by atoms with Crippen molar-refractivity contribution in [2.75, 3.05) is 31.1 Å². The molecule has 4 nitrogen and oxygen atoms in total. The number of carbonyl (C=O) groups excluding carboxylic acids is 1. The fourth-order valence-electron chi connectivity index (χ4n) is 1.54. The van der Waals surface area contributed by atoms with Crippen LogP contribution >= 0.6 is 0 Å². The molecular formula is C11H21NO3S. The van der Waals surface area contributed by atoms with E-state index in [-0.39, 0.29) is 5.97 Å². The first-order valence-electron chi connectivity index (χ1n) is 5.66. The lowest BCUT2D eigenvalue weighted by Crippen LogP contribution is -2.39. The SMILES string of the molecule is CC(C)(C)OC(=O)CCN1CCS(=O)CC1. The van der Waals surface area contributed by atoms with E-state index in [2.05, 4.69) is 4.90 Å². The Morgan fingerprint density at radius 3 is 2.38 bits per heavy atom. The second-order valence-corrected chi connectivity index (χ2v) is 6.72. The minimum absolute atomic E-state index is 0.154. The fourth-order valence-corrected chi connectivity index (χ4v) is 2.67. The molecule has 0 spiro atoms. The summed E-state index contributed by atoms with van der Waals surface area (Å²) in [5.74, 6) is 1.31. The van der Waals surface area contributed by atoms with Gasteiger partial charge in [-0.2, -0.15) is 0 Å². The van der Waals surface area contributed by atoms with E-state index in [4.69, 9.17) is 4.74 Å². The van der Waals surface area contributed by atoms with Crippen LogP contribution in [0.2, 0.25) is 0 Å². The molecule has 0 aromatic carbocycles. The van der Waals surface area contributed by atoms with E-state index in [0.717, 1.165) is 24.6 Å². The predicted molar refractivity (Wildman–Crippen MR) is 64.8 cm³/mol. The van der Waals surface area contributed by atoms with E-state index in [1.165, 1.54) is 0 Å². The van der Waals surface area contributed by atoms with Crippen LogP contribution in [0.15, 0.2) is 0 Å². The summed E-state index contributed by atoms with van der Waals surface area (Å²) < 4.78 is 16.4. The van der Waals surface area contributed by atoms with E-state index < -0.39 is 16.4 Å². The molecule has 0 amide bonds. The number of nitrogens with zero attached hydrogens (tertiary/aromatic N) is 1. The second kappa shape index (κ2) is 5.77. The lowest BCUT2D eigenvalue weighted by molar-refractivity contribution is -0.155. The van der Waals surface area contributed by atoms with Crippen LogP contribution in [-0.2, 0) is 20.3 Å². The molecular weight excluding hydrogens is 226 g/mol. The van der Waals surface area contributed by atoms with Crippen molar-refractivity contribution in [2.45, 2.75) is 32.8 Å². The summed E-state index contributed by atoms with van der Waals surface area (Å²) in [6, 6.07) is 0. The van der Waals surface area contributed by atoms with Crippen molar-refractivity contribution >= 4 is 16.8 Å². The lowest BCUT2D eigenvalue weighted by atomic mass is 10.2. The highest BCUT2D eigenvalue weighted by Gasteiger charge is 2.19. The largest absolute Gasteiger partial charge is 0.460 e. The molecule has 1 fully saturated rings. The summed E-state index contributed by atoms with van der Waals surface area (Å²) in [5, 5.41) is 0. The first-order chi connectivity index (χ1) is 7.37. The Morgan fingerprint density at radius 2 is 1.88 bits per heavy atom. The lowest BCUT2D eigenvalue weighted by Gasteiger charge is -2.26. The summed E-state index contributed by atoms with van der Waals surface area (Å²) in [5.41, 5.74) is -0.402. The number of hydrogen-bond donors (Lipinski definition) is 0. The zero-order valence-electron chi connectivity index (χ0n) is 10.3. The topological polar surface area (TPSA) is 46.6 Å². The van der Waals surface area contributed by atoms with Gasteiger partial charge in [0.05, 0.1) is 6.42 Å². The smallest absolute Gasteiger partial charge is 0.307 e. The molecule has 0 atom stereocenters. The van der Waals surface area contributed by atoms with Crippen LogP contribution in [0, 0.1) is 0 Å². The van der Waals surface area contributed by atoms with E-state index in [1.54, 1.807) is 0 Å². The number of esters is 1. The molecule has 1 aliphatic heterocycles. The van der Waals surface area contributed by atoms with E-state index in [9.17, 15) is 9.00 Å². The van der Waals surface area contributed by atoms with Crippen molar-refractivity contribution in [3.63, 3.8) is 0 Å². The molecule has 0 aromatic heterocycles. The van der Waals surface area contributed by atoms with Crippen LogP contribution in [-0.4, -0.2) is 51.8 Å². The normalized spacial score (nSPS) is 19.7. The van der Waals surface area contributed by atoms with E-state index >= 15 is 0 Å². The van der Waals surface area contributed by atoms with Gasteiger partial charge in [0.1, 0.15) is 5.60 Å². The van der Waals surface area contributed by atoms with Gasteiger partial charge in [-0.1, -0.05) is 0 Å². The Morgan fingerprint density at radius 1 is 1.31 bits per heavy atom. The maximum absolute atomic E-state index is 11.5. The monoisotopic (exact) mass is 247 g/mol. The van der Waals surface area contributed by atoms with Crippen molar-refractivity contribution in [1.29, 1.82) is 0 Å². The second-order valence-electron chi connectivity index (χ2n) is 5.03. The van der Waals surface area contributed by atoms with Crippen molar-refractivity contribution in [3.05, 3.63) is 0 Å². The molecule has 0 unspecified atom stereocenters. The minimum Gasteiger partial charge on any atom is -0.460 e. The van der Waals surface area contributed by atoms with Gasteiger partial charge >= 0.3 is 5.97 Å². The molecule has 1 saturated heterocycles. The Hall–Kier alpha value is -0.420. The highest BCUT2D eigenvalue weighted by Crippen LogP contribution is 2.09. The van der Waals surface area contributed by atoms with Gasteiger partial charge in [-0.3, -0.25) is 9.00 Å². The quantitative estimate of drug-likeness (QED) is 0.692. The van der Waals surface area contributed by atoms with Crippen LogP contribution in [0.25, 0.3) is 0 Å². The van der Waals surface area contributed by atoms with Crippen LogP contribution in [0.5, 0.6) is 0 Å². The summed E-state index contributed by atoms with van der Waals surface area (Å²) in [4.78, 5) is 13.6. The highest BCUT2D eigenvalue weighted by molar-refractivity contribution is 7.85. The minimum atomic E-state index is -0.649. The van der Waals surface area contributed by atoms with Gasteiger partial charge in [0.25, 0.3) is 0 Å². The molecule has 1 heterocycles. The fraction of sp³-hybridized carbons (Fsp3) is 0.909. The number of hydrogen-bond acceptors (Lipinski definition) is 4. The summed E-state index contributed by atoms with van der Waals surface area (Å²) in [6.45, 7) is 7.98. The van der Waals surface area contributed by atoms with Gasteiger partial charge in [0, 0.05) is 41.9 Å². The Labute approximate surface area is 99.8 Å². The summed E-state index contributed by atoms with van der Waals surface area (Å²) in [7, 11) is -0.649. The maximum Gasteiger partial charge on any atom is 0.307 e. The maximum atomic E-state index is 11.5. The zero-order valence-corrected chi connectivity index (χ0v) is 11.1. The van der Waals surface area contributed by atoms with Gasteiger partial charge in [-0.05, 0) is 20.8 Å². The van der Waals surface area contributed by atoms with E-state index in [0.29, 0.717) is 13.0 Å². The molecule has 16 heavy (non-hydrogen) atoms. The number of carbonyl (C=O) groups is 1. The van der Waals surface area contributed by atoms with Gasteiger partial charge < -0.3 is 9.64 Å². The van der Waals surface area contributed by atoms with Crippen LogP contribution in [0.4, 0.5) is 0 Å². The molecule has 0 aromatic rings. The van der Waals surface area contributed by atoms with Crippen LogP contribution in [0.1, 0.15) is 27.2 Å². The van der Waals surface area contributed by atoms with Gasteiger partial charge in [0.15, 0.2) is 0 Å². The Kier molecular flexibility index (Phi) is 4.92. The molecule has 0 bridgehead atoms. The highest BCUT2D eigenvalue weighted by atomic mass is 32.2. The van der Waals surface area contributed by atoms with Gasteiger partial charge in [-0.25, -0.2) is 0 Å². The summed E-state index contributed by atoms with van der Waals surface area (Å²) in [6.07, 6.45) is 0.421.